The fraction of sp³-hybridized carbons (Fsp3) is 0.889. The van der Waals surface area contributed by atoms with E-state index in [2.05, 4.69) is 19.9 Å². The first-order chi connectivity index (χ1) is 9.09. The summed E-state index contributed by atoms with van der Waals surface area (Å²) < 4.78 is 0. The number of ketones is 1. The number of hydrogen-bond acceptors (Lipinski definition) is 2. The molecule has 2 unspecified atom stereocenters. The minimum atomic E-state index is -0.203. The molecule has 0 aromatic heterocycles. The molecule has 2 heteroatoms. The Kier molecular flexibility index (Phi) is 3.78. The van der Waals surface area contributed by atoms with Gasteiger partial charge in [-0.1, -0.05) is 41.0 Å². The van der Waals surface area contributed by atoms with Gasteiger partial charge in [-0.2, -0.15) is 5.26 Å². The molecule has 2 nitrogen and oxygen atoms in total. The van der Waals surface area contributed by atoms with E-state index in [0.717, 1.165) is 32.1 Å². The minimum Gasteiger partial charge on any atom is -0.299 e. The van der Waals surface area contributed by atoms with E-state index < -0.39 is 0 Å². The molecule has 2 saturated carbocycles. The third-order valence-corrected chi connectivity index (χ3v) is 5.18. The summed E-state index contributed by atoms with van der Waals surface area (Å²) in [4.78, 5) is 12.3. The SMILES string of the molecule is CC(C)(CC1CC1C(=O)C(C)(C)C)CC1(C#N)CCC1. The molecule has 2 atom stereocenters. The van der Waals surface area contributed by atoms with Gasteiger partial charge in [-0.25, -0.2) is 0 Å². The number of nitriles is 1. The van der Waals surface area contributed by atoms with Gasteiger partial charge < -0.3 is 0 Å². The molecule has 0 heterocycles. The second-order valence-electron chi connectivity index (χ2n) is 9.01. The Morgan fingerprint density at radius 3 is 2.25 bits per heavy atom. The normalized spacial score (nSPS) is 28.4. The van der Waals surface area contributed by atoms with Gasteiger partial charge in [0.1, 0.15) is 5.78 Å². The molecule has 20 heavy (non-hydrogen) atoms. The van der Waals surface area contributed by atoms with E-state index in [1.54, 1.807) is 0 Å². The van der Waals surface area contributed by atoms with Crippen molar-refractivity contribution in [1.82, 2.24) is 0 Å². The van der Waals surface area contributed by atoms with E-state index in [1.807, 2.05) is 20.8 Å². The zero-order valence-electron chi connectivity index (χ0n) is 13.8. The monoisotopic (exact) mass is 275 g/mol. The molecule has 0 spiro atoms. The van der Waals surface area contributed by atoms with Gasteiger partial charge in [0.05, 0.1) is 11.5 Å². The number of nitrogens with zero attached hydrogens (tertiary/aromatic N) is 1. The number of Topliss-reactive ketones (excluding diaryl/α,β-unsaturated/α-hetero) is 1. The summed E-state index contributed by atoms with van der Waals surface area (Å²) in [5.41, 5.74) is -0.0684. The van der Waals surface area contributed by atoms with Crippen LogP contribution in [0.15, 0.2) is 0 Å². The van der Waals surface area contributed by atoms with Crippen LogP contribution in [-0.4, -0.2) is 5.78 Å². The van der Waals surface area contributed by atoms with E-state index in [9.17, 15) is 10.1 Å². The van der Waals surface area contributed by atoms with Crippen molar-refractivity contribution in [2.75, 3.05) is 0 Å². The molecule has 0 radical (unpaired) electrons. The minimum absolute atomic E-state index is 0.0536. The van der Waals surface area contributed by atoms with Crippen LogP contribution in [0.4, 0.5) is 0 Å². The predicted octanol–water partition coefficient (Wildman–Crippen LogP) is 4.74. The van der Waals surface area contributed by atoms with E-state index in [1.165, 1.54) is 6.42 Å². The number of carbonyl (C=O) groups is 1. The van der Waals surface area contributed by atoms with Gasteiger partial charge in [-0.15, -0.1) is 0 Å². The Labute approximate surface area is 123 Å². The molecule has 0 amide bonds. The molecule has 0 aliphatic heterocycles. The van der Waals surface area contributed by atoms with Gasteiger partial charge in [0.15, 0.2) is 0 Å². The fourth-order valence-corrected chi connectivity index (χ4v) is 3.98. The Morgan fingerprint density at radius 1 is 1.25 bits per heavy atom. The van der Waals surface area contributed by atoms with Crippen molar-refractivity contribution in [3.8, 4) is 6.07 Å². The molecule has 0 N–H and O–H groups in total. The first kappa shape index (κ1) is 15.5. The lowest BCUT2D eigenvalue weighted by atomic mass is 9.61. The average Bonchev–Trinajstić information content (AvgIpc) is 2.99. The summed E-state index contributed by atoms with van der Waals surface area (Å²) in [7, 11) is 0. The quantitative estimate of drug-likeness (QED) is 0.727. The van der Waals surface area contributed by atoms with Crippen molar-refractivity contribution in [1.29, 1.82) is 5.26 Å². The molecule has 0 saturated heterocycles. The van der Waals surface area contributed by atoms with Crippen molar-refractivity contribution in [3.63, 3.8) is 0 Å². The summed E-state index contributed by atoms with van der Waals surface area (Å²) in [5.74, 6) is 1.28. The summed E-state index contributed by atoms with van der Waals surface area (Å²) in [6.45, 7) is 10.6. The van der Waals surface area contributed by atoms with Crippen molar-refractivity contribution >= 4 is 5.78 Å². The van der Waals surface area contributed by atoms with Gasteiger partial charge in [0.2, 0.25) is 0 Å². The lowest BCUT2D eigenvalue weighted by Crippen LogP contribution is -2.33. The number of carbonyl (C=O) groups excluding carboxylic acids is 1. The van der Waals surface area contributed by atoms with Crippen molar-refractivity contribution < 1.29 is 4.79 Å². The van der Waals surface area contributed by atoms with Crippen LogP contribution in [0.1, 0.15) is 73.1 Å². The van der Waals surface area contributed by atoms with Crippen molar-refractivity contribution in [3.05, 3.63) is 0 Å². The van der Waals surface area contributed by atoms with Gasteiger partial charge in [-0.05, 0) is 43.4 Å². The van der Waals surface area contributed by atoms with Crippen LogP contribution < -0.4 is 0 Å². The maximum Gasteiger partial charge on any atom is 0.141 e. The molecule has 2 aliphatic rings. The van der Waals surface area contributed by atoms with Crippen LogP contribution in [0.3, 0.4) is 0 Å². The van der Waals surface area contributed by atoms with Gasteiger partial charge in [-0.3, -0.25) is 4.79 Å². The zero-order valence-corrected chi connectivity index (χ0v) is 13.8. The van der Waals surface area contributed by atoms with Gasteiger partial charge in [0, 0.05) is 11.3 Å². The standard InChI is InChI=1S/C18H29NO/c1-16(2,3)15(20)14-9-13(14)10-17(4,5)11-18(12-19)7-6-8-18/h13-14H,6-11H2,1-5H3. The molecule has 2 rings (SSSR count). The average molecular weight is 275 g/mol. The summed E-state index contributed by atoms with van der Waals surface area (Å²) in [6, 6.07) is 2.56. The van der Waals surface area contributed by atoms with E-state index in [4.69, 9.17) is 0 Å². The van der Waals surface area contributed by atoms with Crippen LogP contribution in [0, 0.1) is 39.4 Å². The second kappa shape index (κ2) is 4.86. The molecule has 0 aromatic carbocycles. The second-order valence-corrected chi connectivity index (χ2v) is 9.01. The van der Waals surface area contributed by atoms with E-state index >= 15 is 0 Å². The Morgan fingerprint density at radius 2 is 1.85 bits per heavy atom. The van der Waals surface area contributed by atoms with Crippen LogP contribution >= 0.6 is 0 Å². The fourth-order valence-electron chi connectivity index (χ4n) is 3.98. The van der Waals surface area contributed by atoms with Gasteiger partial charge in [0.25, 0.3) is 0 Å². The van der Waals surface area contributed by atoms with Crippen molar-refractivity contribution in [2.45, 2.75) is 73.1 Å². The molecule has 112 valence electrons. The Balaban J connectivity index is 1.88. The van der Waals surface area contributed by atoms with Gasteiger partial charge >= 0.3 is 0 Å². The molecule has 0 bridgehead atoms. The molecule has 0 aromatic rings. The maximum atomic E-state index is 12.3. The number of hydrogen-bond donors (Lipinski definition) is 0. The van der Waals surface area contributed by atoms with E-state index in [0.29, 0.717) is 11.7 Å². The van der Waals surface area contributed by atoms with Crippen LogP contribution in [0.5, 0.6) is 0 Å². The molecular weight excluding hydrogens is 246 g/mol. The Bertz CT molecular complexity index is 431. The summed E-state index contributed by atoms with van der Waals surface area (Å²) >= 11 is 0. The Hall–Kier alpha value is -0.840. The van der Waals surface area contributed by atoms with Crippen LogP contribution in [-0.2, 0) is 4.79 Å². The highest BCUT2D eigenvalue weighted by molar-refractivity contribution is 5.88. The molecular formula is C18H29NO. The zero-order chi connectivity index (χ0) is 15.2. The first-order valence-corrected chi connectivity index (χ1v) is 8.04. The van der Waals surface area contributed by atoms with Crippen LogP contribution in [0.2, 0.25) is 0 Å². The molecule has 2 fully saturated rings. The third kappa shape index (κ3) is 3.25. The third-order valence-electron chi connectivity index (χ3n) is 5.18. The number of rotatable bonds is 5. The molecule has 2 aliphatic carbocycles. The predicted molar refractivity (Wildman–Crippen MR) is 81.0 cm³/mol. The highest BCUT2D eigenvalue weighted by atomic mass is 16.1. The summed E-state index contributed by atoms with van der Waals surface area (Å²) in [6.07, 6.45) is 6.52. The first-order valence-electron chi connectivity index (χ1n) is 8.04. The van der Waals surface area contributed by atoms with Crippen molar-refractivity contribution in [2.24, 2.45) is 28.1 Å². The largest absolute Gasteiger partial charge is 0.299 e. The highest BCUT2D eigenvalue weighted by Crippen LogP contribution is 2.54. The topological polar surface area (TPSA) is 40.9 Å². The van der Waals surface area contributed by atoms with Crippen LogP contribution in [0.25, 0.3) is 0 Å². The maximum absolute atomic E-state index is 12.3. The lowest BCUT2D eigenvalue weighted by Gasteiger charge is -2.41. The summed E-state index contributed by atoms with van der Waals surface area (Å²) in [5, 5.41) is 9.39. The highest BCUT2D eigenvalue weighted by Gasteiger charge is 2.50. The van der Waals surface area contributed by atoms with E-state index in [-0.39, 0.29) is 22.2 Å². The smallest absolute Gasteiger partial charge is 0.141 e. The lowest BCUT2D eigenvalue weighted by molar-refractivity contribution is -0.128.